The van der Waals surface area contributed by atoms with Crippen molar-refractivity contribution in [3.63, 3.8) is 0 Å². The molecule has 0 unspecified atom stereocenters. The Morgan fingerprint density at radius 3 is 2.16 bits per heavy atom. The van der Waals surface area contributed by atoms with Gasteiger partial charge in [-0.3, -0.25) is 14.4 Å². The highest BCUT2D eigenvalue weighted by Crippen LogP contribution is 2.44. The summed E-state index contributed by atoms with van der Waals surface area (Å²) in [6.45, 7) is 2.11. The molecule has 0 saturated carbocycles. The van der Waals surface area contributed by atoms with Crippen LogP contribution in [0.4, 0.5) is 0 Å². The van der Waals surface area contributed by atoms with Gasteiger partial charge in [0.1, 0.15) is 18.2 Å². The molecule has 4 rings (SSSR count). The van der Waals surface area contributed by atoms with Crippen LogP contribution in [0.1, 0.15) is 67.0 Å². The van der Waals surface area contributed by atoms with Crippen LogP contribution in [0, 0.1) is 11.3 Å². The van der Waals surface area contributed by atoms with E-state index in [0.717, 1.165) is 16.7 Å². The number of benzene rings is 3. The Morgan fingerprint density at radius 1 is 1.00 bits per heavy atom. The van der Waals surface area contributed by atoms with Crippen LogP contribution in [0.2, 0.25) is 10.0 Å². The summed E-state index contributed by atoms with van der Waals surface area (Å²) >= 11 is 12.4. The molecule has 1 saturated heterocycles. The van der Waals surface area contributed by atoms with Gasteiger partial charge in [0.15, 0.2) is 0 Å². The van der Waals surface area contributed by atoms with Gasteiger partial charge in [-0.2, -0.15) is 5.26 Å². The van der Waals surface area contributed by atoms with E-state index < -0.39 is 30.3 Å². The van der Waals surface area contributed by atoms with E-state index >= 15 is 0 Å². The predicted molar refractivity (Wildman–Crippen MR) is 164 cm³/mol. The van der Waals surface area contributed by atoms with Crippen molar-refractivity contribution in [1.82, 2.24) is 10.2 Å². The number of nitrogens with one attached hydrogen (secondary N) is 1. The van der Waals surface area contributed by atoms with Crippen molar-refractivity contribution in [3.8, 4) is 6.07 Å². The van der Waals surface area contributed by atoms with Crippen LogP contribution in [0.3, 0.4) is 0 Å². The third-order valence-electron chi connectivity index (χ3n) is 7.41. The fraction of sp³-hybridized carbons (Fsp3) is 0.333. The van der Waals surface area contributed by atoms with Crippen molar-refractivity contribution < 1.29 is 24.2 Å². The minimum absolute atomic E-state index is 0.0755. The lowest BCUT2D eigenvalue weighted by Gasteiger charge is -2.47. The summed E-state index contributed by atoms with van der Waals surface area (Å²) in [6, 6.07) is 21.9. The molecule has 0 aliphatic carbocycles. The molecule has 0 spiro atoms. The van der Waals surface area contributed by atoms with E-state index in [1.807, 2.05) is 31.2 Å². The minimum Gasteiger partial charge on any atom is -0.481 e. The molecular formula is C33H33Cl2N3O5. The number of carboxylic acid groups (broad SMARTS) is 1. The van der Waals surface area contributed by atoms with Gasteiger partial charge in [0, 0.05) is 29.4 Å². The van der Waals surface area contributed by atoms with E-state index in [1.54, 1.807) is 53.4 Å². The van der Waals surface area contributed by atoms with Gasteiger partial charge in [0.2, 0.25) is 5.91 Å². The fourth-order valence-electron chi connectivity index (χ4n) is 5.32. The maximum absolute atomic E-state index is 14.4. The highest BCUT2D eigenvalue weighted by molar-refractivity contribution is 6.30. The summed E-state index contributed by atoms with van der Waals surface area (Å²) in [5.41, 5.74) is 2.84. The highest BCUT2D eigenvalue weighted by atomic mass is 35.5. The standard InChI is InChI=1S/C33H33Cl2N3O5/c1-2-4-27(32(41)37-18-3-5-29(39)40)38-30(23-10-14-25(34)15-11-23)31(24-12-16-26(35)17-13-24)43-28(33(38)42)19-21-6-8-22(20-36)9-7-21/h6-17,27-28,30-31H,2-5,18-19H2,1H3,(H,37,41)(H,39,40)/t27-,28+,30-,31+/m1/s1. The summed E-state index contributed by atoms with van der Waals surface area (Å²) in [5, 5.41) is 22.2. The Labute approximate surface area is 261 Å². The van der Waals surface area contributed by atoms with Crippen molar-refractivity contribution in [1.29, 1.82) is 5.26 Å². The number of aliphatic carboxylic acids is 1. The van der Waals surface area contributed by atoms with Gasteiger partial charge in [-0.25, -0.2) is 0 Å². The van der Waals surface area contributed by atoms with Crippen LogP contribution in [0.15, 0.2) is 72.8 Å². The largest absolute Gasteiger partial charge is 0.481 e. The number of hydrogen-bond acceptors (Lipinski definition) is 5. The van der Waals surface area contributed by atoms with Gasteiger partial charge >= 0.3 is 5.97 Å². The van der Waals surface area contributed by atoms with Gasteiger partial charge in [-0.1, -0.05) is 72.9 Å². The maximum Gasteiger partial charge on any atom is 0.303 e. The highest BCUT2D eigenvalue weighted by Gasteiger charge is 2.48. The van der Waals surface area contributed by atoms with Crippen LogP contribution < -0.4 is 5.32 Å². The van der Waals surface area contributed by atoms with E-state index in [2.05, 4.69) is 11.4 Å². The second kappa shape index (κ2) is 15.0. The van der Waals surface area contributed by atoms with Gasteiger partial charge < -0.3 is 20.1 Å². The molecule has 0 aromatic heterocycles. The molecule has 1 heterocycles. The SMILES string of the molecule is CCC[C@H](C(=O)NCCCC(=O)O)N1C(=O)[C@H](Cc2ccc(C#N)cc2)O[C@@H](c2ccc(Cl)cc2)[C@H]1c1ccc(Cl)cc1. The second-order valence-corrected chi connectivity index (χ2v) is 11.3. The molecule has 224 valence electrons. The Hall–Kier alpha value is -3.90. The normalized spacial score (nSPS) is 19.0. The van der Waals surface area contributed by atoms with Crippen molar-refractivity contribution >= 4 is 41.0 Å². The van der Waals surface area contributed by atoms with Crippen LogP contribution in [-0.2, 0) is 25.5 Å². The van der Waals surface area contributed by atoms with Crippen LogP contribution in [0.25, 0.3) is 0 Å². The Balaban J connectivity index is 1.79. The third kappa shape index (κ3) is 8.14. The molecule has 0 bridgehead atoms. The minimum atomic E-state index is -0.943. The zero-order valence-corrected chi connectivity index (χ0v) is 25.2. The number of carbonyl (C=O) groups excluding carboxylic acids is 2. The van der Waals surface area contributed by atoms with Crippen LogP contribution >= 0.6 is 23.2 Å². The molecular weight excluding hydrogens is 589 g/mol. The molecule has 3 aromatic carbocycles. The van der Waals surface area contributed by atoms with Crippen LogP contribution in [-0.4, -0.2) is 46.5 Å². The molecule has 0 radical (unpaired) electrons. The van der Waals surface area contributed by atoms with E-state index in [0.29, 0.717) is 28.5 Å². The fourth-order valence-corrected chi connectivity index (χ4v) is 5.57. The van der Waals surface area contributed by atoms with Crippen LogP contribution in [0.5, 0.6) is 0 Å². The smallest absolute Gasteiger partial charge is 0.303 e. The molecule has 2 N–H and O–H groups in total. The third-order valence-corrected chi connectivity index (χ3v) is 7.91. The van der Waals surface area contributed by atoms with Crippen molar-refractivity contribution in [2.45, 2.75) is 63.3 Å². The first-order chi connectivity index (χ1) is 20.7. The summed E-state index contributed by atoms with van der Waals surface area (Å²) in [4.78, 5) is 40.8. The number of nitrogens with zero attached hydrogens (tertiary/aromatic N) is 2. The number of morpholine rings is 1. The zero-order valence-electron chi connectivity index (χ0n) is 23.7. The predicted octanol–water partition coefficient (Wildman–Crippen LogP) is 6.27. The molecule has 4 atom stereocenters. The molecule has 1 aliphatic heterocycles. The molecule has 3 aromatic rings. The van der Waals surface area contributed by atoms with E-state index in [-0.39, 0.29) is 37.6 Å². The van der Waals surface area contributed by atoms with Crippen molar-refractivity contribution in [2.75, 3.05) is 6.54 Å². The number of ether oxygens (including phenoxy) is 1. The summed E-state index contributed by atoms with van der Waals surface area (Å²) in [7, 11) is 0. The summed E-state index contributed by atoms with van der Waals surface area (Å²) in [6.07, 6.45) is -0.137. The molecule has 10 heteroatoms. The van der Waals surface area contributed by atoms with E-state index in [1.165, 1.54) is 0 Å². The number of hydrogen-bond donors (Lipinski definition) is 2. The number of nitriles is 1. The number of carboxylic acids is 1. The van der Waals surface area contributed by atoms with Gasteiger partial charge in [0.25, 0.3) is 5.91 Å². The summed E-state index contributed by atoms with van der Waals surface area (Å²) in [5.74, 6) is -1.64. The number of amides is 2. The van der Waals surface area contributed by atoms with Gasteiger partial charge in [-0.05, 0) is 65.9 Å². The monoisotopic (exact) mass is 621 g/mol. The first kappa shape index (κ1) is 32.0. The van der Waals surface area contributed by atoms with E-state index in [9.17, 15) is 19.6 Å². The Bertz CT molecular complexity index is 1460. The van der Waals surface area contributed by atoms with Crippen molar-refractivity contribution in [2.24, 2.45) is 0 Å². The molecule has 8 nitrogen and oxygen atoms in total. The lowest BCUT2D eigenvalue weighted by Crippen LogP contribution is -2.59. The lowest BCUT2D eigenvalue weighted by molar-refractivity contribution is -0.181. The summed E-state index contributed by atoms with van der Waals surface area (Å²) < 4.78 is 6.62. The molecule has 43 heavy (non-hydrogen) atoms. The van der Waals surface area contributed by atoms with E-state index in [4.69, 9.17) is 33.0 Å². The molecule has 2 amide bonds. The number of rotatable bonds is 12. The lowest BCUT2D eigenvalue weighted by atomic mass is 9.88. The zero-order chi connectivity index (χ0) is 30.9. The Kier molecular flexibility index (Phi) is 11.2. The second-order valence-electron chi connectivity index (χ2n) is 10.4. The molecule has 1 fully saturated rings. The number of halogens is 2. The quantitative estimate of drug-likeness (QED) is 0.230. The Morgan fingerprint density at radius 2 is 1.60 bits per heavy atom. The first-order valence-electron chi connectivity index (χ1n) is 14.2. The maximum atomic E-state index is 14.4. The van der Waals surface area contributed by atoms with Gasteiger partial charge in [0.05, 0.1) is 17.7 Å². The number of carbonyl (C=O) groups is 3. The average Bonchev–Trinajstić information content (AvgIpc) is 3.00. The average molecular weight is 623 g/mol. The van der Waals surface area contributed by atoms with Gasteiger partial charge in [-0.15, -0.1) is 0 Å². The topological polar surface area (TPSA) is 120 Å². The molecule has 1 aliphatic rings. The first-order valence-corrected chi connectivity index (χ1v) is 14.9. The van der Waals surface area contributed by atoms with Crippen molar-refractivity contribution in [3.05, 3.63) is 105 Å².